The lowest BCUT2D eigenvalue weighted by molar-refractivity contribution is -0.144. The molecule has 4 amide bonds. The first kappa shape index (κ1) is 28.5. The molecule has 1 rings (SSSR count). The number of nitrogens with two attached hydrogens (primary N) is 2. The van der Waals surface area contributed by atoms with Crippen molar-refractivity contribution in [2.24, 2.45) is 17.4 Å². The number of carboxylic acids is 1. The zero-order valence-electron chi connectivity index (χ0n) is 19.3. The number of H-pyrrole nitrogens is 1. The molecule has 0 radical (unpaired) electrons. The van der Waals surface area contributed by atoms with Gasteiger partial charge in [0, 0.05) is 24.7 Å². The van der Waals surface area contributed by atoms with Crippen LogP contribution in [0.25, 0.3) is 0 Å². The van der Waals surface area contributed by atoms with E-state index in [1.54, 1.807) is 13.8 Å². The van der Waals surface area contributed by atoms with Crippen LogP contribution in [0.3, 0.4) is 0 Å². The van der Waals surface area contributed by atoms with Crippen molar-refractivity contribution in [1.82, 2.24) is 25.9 Å². The Morgan fingerprint density at radius 2 is 1.65 bits per heavy atom. The van der Waals surface area contributed by atoms with Gasteiger partial charge in [0.1, 0.15) is 18.1 Å². The van der Waals surface area contributed by atoms with E-state index in [1.807, 2.05) is 0 Å². The van der Waals surface area contributed by atoms with Gasteiger partial charge in [-0.05, 0) is 19.3 Å². The van der Waals surface area contributed by atoms with Gasteiger partial charge in [0.15, 0.2) is 0 Å². The standard InChI is InChI=1S/C20H33N7O7/c1-9(2)15(20(33)34)26-19(32)16(10(3)28)27-18(31)13(4-5-14(22)29)25-17(30)12(21)6-11-7-23-8-24-11/h7-10,12-13,15-16,28H,4-6,21H2,1-3H3,(H2,22,29)(H,23,24)(H,25,30)(H,26,32)(H,27,31)(H,33,34). The maximum Gasteiger partial charge on any atom is 0.326 e. The second kappa shape index (κ2) is 13.3. The number of carbonyl (C=O) groups is 5. The number of aliphatic hydroxyl groups is 1. The lowest BCUT2D eigenvalue weighted by Gasteiger charge is -2.27. The predicted octanol–water partition coefficient (Wildman–Crippen LogP) is -2.88. The van der Waals surface area contributed by atoms with Crippen LogP contribution in [0.4, 0.5) is 0 Å². The fraction of sp³-hybridized carbons (Fsp3) is 0.600. The first-order valence-electron chi connectivity index (χ1n) is 10.7. The predicted molar refractivity (Wildman–Crippen MR) is 119 cm³/mol. The van der Waals surface area contributed by atoms with Crippen molar-refractivity contribution in [3.63, 3.8) is 0 Å². The van der Waals surface area contributed by atoms with Crippen LogP contribution in [-0.2, 0) is 30.4 Å². The van der Waals surface area contributed by atoms with Crippen molar-refractivity contribution in [2.75, 3.05) is 0 Å². The maximum atomic E-state index is 12.9. The van der Waals surface area contributed by atoms with E-state index in [0.717, 1.165) is 0 Å². The molecule has 5 unspecified atom stereocenters. The number of amides is 4. The molecule has 10 N–H and O–H groups in total. The van der Waals surface area contributed by atoms with Crippen LogP contribution in [-0.4, -0.2) is 80.1 Å². The first-order chi connectivity index (χ1) is 15.8. The lowest BCUT2D eigenvalue weighted by atomic mass is 10.0. The van der Waals surface area contributed by atoms with E-state index in [2.05, 4.69) is 25.9 Å². The third-order valence-corrected chi connectivity index (χ3v) is 4.94. The highest BCUT2D eigenvalue weighted by Crippen LogP contribution is 2.06. The number of rotatable bonds is 14. The molecular weight excluding hydrogens is 450 g/mol. The molecule has 1 heterocycles. The molecular formula is C20H33N7O7. The summed E-state index contributed by atoms with van der Waals surface area (Å²) in [6, 6.07) is -5.14. The molecule has 0 fully saturated rings. The van der Waals surface area contributed by atoms with Crippen molar-refractivity contribution in [2.45, 2.75) is 70.3 Å². The monoisotopic (exact) mass is 483 g/mol. The van der Waals surface area contributed by atoms with E-state index < -0.39 is 65.8 Å². The van der Waals surface area contributed by atoms with Gasteiger partial charge in [-0.3, -0.25) is 19.2 Å². The number of imidazole rings is 1. The summed E-state index contributed by atoms with van der Waals surface area (Å²) < 4.78 is 0. The van der Waals surface area contributed by atoms with E-state index in [0.29, 0.717) is 5.69 Å². The Balaban J connectivity index is 2.94. The number of aromatic nitrogens is 2. The summed E-state index contributed by atoms with van der Waals surface area (Å²) in [4.78, 5) is 67.2. The highest BCUT2D eigenvalue weighted by Gasteiger charge is 2.33. The average molecular weight is 484 g/mol. The van der Waals surface area contributed by atoms with Gasteiger partial charge in [0.05, 0.1) is 18.5 Å². The Morgan fingerprint density at radius 1 is 1.03 bits per heavy atom. The van der Waals surface area contributed by atoms with E-state index >= 15 is 0 Å². The van der Waals surface area contributed by atoms with Gasteiger partial charge in [0.25, 0.3) is 0 Å². The van der Waals surface area contributed by atoms with Gasteiger partial charge in [-0.1, -0.05) is 13.8 Å². The molecule has 1 aromatic rings. The molecule has 0 saturated heterocycles. The second-order valence-electron chi connectivity index (χ2n) is 8.25. The first-order valence-corrected chi connectivity index (χ1v) is 10.7. The minimum absolute atomic E-state index is 0.0977. The topological polar surface area (TPSA) is 243 Å². The van der Waals surface area contributed by atoms with E-state index in [1.165, 1.54) is 19.4 Å². The number of nitrogens with one attached hydrogen (secondary N) is 4. The number of carbonyl (C=O) groups excluding carboxylic acids is 4. The average Bonchev–Trinajstić information content (AvgIpc) is 3.24. The zero-order valence-corrected chi connectivity index (χ0v) is 19.3. The third-order valence-electron chi connectivity index (χ3n) is 4.94. The van der Waals surface area contributed by atoms with Crippen molar-refractivity contribution >= 4 is 29.6 Å². The van der Waals surface area contributed by atoms with E-state index in [9.17, 15) is 34.2 Å². The zero-order chi connectivity index (χ0) is 26.0. The van der Waals surface area contributed by atoms with Crippen LogP contribution < -0.4 is 27.4 Å². The van der Waals surface area contributed by atoms with Crippen molar-refractivity contribution in [3.05, 3.63) is 18.2 Å². The maximum absolute atomic E-state index is 12.9. The molecule has 14 nitrogen and oxygen atoms in total. The minimum Gasteiger partial charge on any atom is -0.480 e. The fourth-order valence-corrected chi connectivity index (χ4v) is 2.98. The molecule has 0 aliphatic rings. The van der Waals surface area contributed by atoms with Gasteiger partial charge < -0.3 is 42.6 Å². The summed E-state index contributed by atoms with van der Waals surface area (Å²) in [6.45, 7) is 4.39. The molecule has 0 spiro atoms. The highest BCUT2D eigenvalue weighted by atomic mass is 16.4. The Morgan fingerprint density at radius 3 is 2.12 bits per heavy atom. The molecule has 0 saturated carbocycles. The molecule has 0 bridgehead atoms. The normalized spacial score (nSPS) is 15.5. The summed E-state index contributed by atoms with van der Waals surface area (Å²) in [5.41, 5.74) is 11.6. The van der Waals surface area contributed by atoms with Gasteiger partial charge in [0.2, 0.25) is 23.6 Å². The molecule has 14 heteroatoms. The minimum atomic E-state index is -1.53. The highest BCUT2D eigenvalue weighted by molar-refractivity contribution is 5.94. The number of primary amides is 1. The summed E-state index contributed by atoms with van der Waals surface area (Å²) in [7, 11) is 0. The van der Waals surface area contributed by atoms with Gasteiger partial charge in [-0.25, -0.2) is 9.78 Å². The number of hydrogen-bond acceptors (Lipinski definition) is 8. The Labute approximate surface area is 196 Å². The smallest absolute Gasteiger partial charge is 0.326 e. The van der Waals surface area contributed by atoms with Crippen molar-refractivity contribution in [3.8, 4) is 0 Å². The molecule has 0 aliphatic carbocycles. The third kappa shape index (κ3) is 9.15. The number of hydrogen-bond donors (Lipinski definition) is 8. The number of carboxylic acid groups (broad SMARTS) is 1. The van der Waals surface area contributed by atoms with Crippen LogP contribution >= 0.6 is 0 Å². The molecule has 1 aromatic heterocycles. The van der Waals surface area contributed by atoms with Crippen molar-refractivity contribution < 1.29 is 34.2 Å². The summed E-state index contributed by atoms with van der Waals surface area (Å²) in [6.07, 6.45) is 1.15. The van der Waals surface area contributed by atoms with E-state index in [-0.39, 0.29) is 19.3 Å². The number of aliphatic carboxylic acids is 1. The van der Waals surface area contributed by atoms with E-state index in [4.69, 9.17) is 11.5 Å². The van der Waals surface area contributed by atoms with Gasteiger partial charge >= 0.3 is 5.97 Å². The second-order valence-corrected chi connectivity index (χ2v) is 8.25. The largest absolute Gasteiger partial charge is 0.480 e. The summed E-state index contributed by atoms with van der Waals surface area (Å²) in [5, 5.41) is 26.3. The molecule has 34 heavy (non-hydrogen) atoms. The summed E-state index contributed by atoms with van der Waals surface area (Å²) >= 11 is 0. The summed E-state index contributed by atoms with van der Waals surface area (Å²) in [5.74, 6) is -4.99. The van der Waals surface area contributed by atoms with Crippen molar-refractivity contribution in [1.29, 1.82) is 0 Å². The van der Waals surface area contributed by atoms with Crippen LogP contribution in [0.2, 0.25) is 0 Å². The lowest BCUT2D eigenvalue weighted by Crippen LogP contribution is -2.60. The van der Waals surface area contributed by atoms with Crippen LogP contribution in [0.5, 0.6) is 0 Å². The SMILES string of the molecule is CC(C)C(NC(=O)C(NC(=O)C(CCC(N)=O)NC(=O)C(N)Cc1cnc[nH]1)C(C)O)C(=O)O. The molecule has 5 atom stereocenters. The van der Waals surface area contributed by atoms with Gasteiger partial charge in [-0.15, -0.1) is 0 Å². The Kier molecular flexibility index (Phi) is 11.1. The van der Waals surface area contributed by atoms with Crippen LogP contribution in [0, 0.1) is 5.92 Å². The Hall–Kier alpha value is -3.52. The number of aliphatic hydroxyl groups excluding tert-OH is 1. The van der Waals surface area contributed by atoms with Gasteiger partial charge in [-0.2, -0.15) is 0 Å². The molecule has 0 aromatic carbocycles. The number of nitrogens with zero attached hydrogens (tertiary/aromatic N) is 1. The van der Waals surface area contributed by atoms with Crippen LogP contribution in [0.1, 0.15) is 39.3 Å². The van der Waals surface area contributed by atoms with Crippen LogP contribution in [0.15, 0.2) is 12.5 Å². The quantitative estimate of drug-likeness (QED) is 0.135. The molecule has 0 aliphatic heterocycles. The number of aromatic amines is 1. The Bertz CT molecular complexity index is 857. The fourth-order valence-electron chi connectivity index (χ4n) is 2.98. The molecule has 190 valence electrons.